The second kappa shape index (κ2) is 7.38. The van der Waals surface area contributed by atoms with E-state index in [9.17, 15) is 4.79 Å². The van der Waals surface area contributed by atoms with Crippen molar-refractivity contribution in [3.8, 4) is 5.75 Å². The third kappa shape index (κ3) is 3.83. The summed E-state index contributed by atoms with van der Waals surface area (Å²) in [5.74, 6) is 0.631. The number of carbonyl (C=O) groups excluding carboxylic acids is 1. The number of amides is 1. The average Bonchev–Trinajstić information content (AvgIpc) is 3.54. The first-order chi connectivity index (χ1) is 12.7. The number of methoxy groups -OCH3 is 1. The average molecular weight is 351 g/mol. The topological polar surface area (TPSA) is 44.8 Å². The molecule has 5 heteroatoms. The van der Waals surface area contributed by atoms with Gasteiger partial charge in [-0.2, -0.15) is 0 Å². The lowest BCUT2D eigenvalue weighted by Gasteiger charge is -2.36. The molecule has 4 rings (SSSR count). The highest BCUT2D eigenvalue weighted by Crippen LogP contribution is 2.28. The summed E-state index contributed by atoms with van der Waals surface area (Å²) >= 11 is 0. The van der Waals surface area contributed by atoms with Crippen LogP contribution in [0.25, 0.3) is 0 Å². The van der Waals surface area contributed by atoms with Gasteiger partial charge >= 0.3 is 0 Å². The molecule has 2 aliphatic rings. The lowest BCUT2D eigenvalue weighted by Crippen LogP contribution is -2.47. The molecular formula is C21H25N3O2. The number of rotatable bonds is 5. The predicted molar refractivity (Wildman–Crippen MR) is 104 cm³/mol. The predicted octanol–water partition coefficient (Wildman–Crippen LogP) is 3.23. The summed E-state index contributed by atoms with van der Waals surface area (Å²) in [7, 11) is 1.61. The summed E-state index contributed by atoms with van der Waals surface area (Å²) in [4.78, 5) is 17.4. The van der Waals surface area contributed by atoms with E-state index >= 15 is 0 Å². The molecule has 0 bridgehead atoms. The molecule has 2 fully saturated rings. The molecule has 136 valence electrons. The lowest BCUT2D eigenvalue weighted by atomic mass is 10.2. The lowest BCUT2D eigenvalue weighted by molar-refractivity contribution is 0.102. The van der Waals surface area contributed by atoms with Crippen molar-refractivity contribution >= 4 is 17.3 Å². The molecule has 1 heterocycles. The fourth-order valence-electron chi connectivity index (χ4n) is 3.49. The Morgan fingerprint density at radius 3 is 2.19 bits per heavy atom. The first-order valence-electron chi connectivity index (χ1n) is 9.27. The summed E-state index contributed by atoms with van der Waals surface area (Å²) < 4.78 is 5.12. The van der Waals surface area contributed by atoms with Crippen LogP contribution in [0.2, 0.25) is 0 Å². The number of anilines is 2. The molecule has 0 radical (unpaired) electrons. The standard InChI is InChI=1S/C21H25N3O2/c1-26-20-10-2-16(3-11-20)21(25)22-17-4-6-18(7-5-17)23-12-14-24(15-13-23)19-8-9-19/h2-7,10-11,19H,8-9,12-15H2,1H3,(H,22,25). The number of nitrogens with one attached hydrogen (secondary N) is 1. The van der Waals surface area contributed by atoms with Crippen molar-refractivity contribution in [2.45, 2.75) is 18.9 Å². The van der Waals surface area contributed by atoms with Crippen molar-refractivity contribution in [2.75, 3.05) is 43.5 Å². The van der Waals surface area contributed by atoms with E-state index in [4.69, 9.17) is 4.74 Å². The van der Waals surface area contributed by atoms with E-state index < -0.39 is 0 Å². The number of benzene rings is 2. The molecular weight excluding hydrogens is 326 g/mol. The van der Waals surface area contributed by atoms with Gasteiger partial charge in [0.1, 0.15) is 5.75 Å². The quantitative estimate of drug-likeness (QED) is 0.898. The van der Waals surface area contributed by atoms with Crippen LogP contribution in [-0.2, 0) is 0 Å². The van der Waals surface area contributed by atoms with Crippen molar-refractivity contribution in [1.82, 2.24) is 4.90 Å². The molecule has 26 heavy (non-hydrogen) atoms. The highest BCUT2D eigenvalue weighted by atomic mass is 16.5. The zero-order chi connectivity index (χ0) is 17.9. The maximum Gasteiger partial charge on any atom is 0.255 e. The molecule has 0 unspecified atom stereocenters. The Morgan fingerprint density at radius 2 is 1.62 bits per heavy atom. The largest absolute Gasteiger partial charge is 0.497 e. The number of piperazine rings is 1. The summed E-state index contributed by atoms with van der Waals surface area (Å²) in [6, 6.07) is 16.1. The van der Waals surface area contributed by atoms with Crippen molar-refractivity contribution < 1.29 is 9.53 Å². The van der Waals surface area contributed by atoms with Gasteiger partial charge < -0.3 is 15.0 Å². The van der Waals surface area contributed by atoms with Crippen LogP contribution in [0.15, 0.2) is 48.5 Å². The van der Waals surface area contributed by atoms with Crippen LogP contribution in [0.4, 0.5) is 11.4 Å². The van der Waals surface area contributed by atoms with Crippen LogP contribution >= 0.6 is 0 Å². The van der Waals surface area contributed by atoms with Crippen LogP contribution < -0.4 is 15.0 Å². The Hall–Kier alpha value is -2.53. The van der Waals surface area contributed by atoms with Gasteiger partial charge in [0, 0.05) is 49.2 Å². The van der Waals surface area contributed by atoms with Gasteiger partial charge in [-0.3, -0.25) is 9.69 Å². The van der Waals surface area contributed by atoms with E-state index in [2.05, 4.69) is 27.2 Å². The summed E-state index contributed by atoms with van der Waals surface area (Å²) in [5, 5.41) is 2.95. The van der Waals surface area contributed by atoms with Crippen LogP contribution in [-0.4, -0.2) is 50.1 Å². The first-order valence-corrected chi connectivity index (χ1v) is 9.27. The van der Waals surface area contributed by atoms with Crippen molar-refractivity contribution in [2.24, 2.45) is 0 Å². The second-order valence-electron chi connectivity index (χ2n) is 6.98. The summed E-state index contributed by atoms with van der Waals surface area (Å²) in [5.41, 5.74) is 2.65. The molecule has 0 atom stereocenters. The number of hydrogen-bond acceptors (Lipinski definition) is 4. The SMILES string of the molecule is COc1ccc(C(=O)Nc2ccc(N3CCN(C4CC4)CC3)cc2)cc1. The third-order valence-corrected chi connectivity index (χ3v) is 5.22. The molecule has 0 spiro atoms. The fraction of sp³-hybridized carbons (Fsp3) is 0.381. The van der Waals surface area contributed by atoms with E-state index in [0.29, 0.717) is 5.56 Å². The molecule has 0 aromatic heterocycles. The number of ether oxygens (including phenoxy) is 1. The number of hydrogen-bond donors (Lipinski definition) is 1. The van der Waals surface area contributed by atoms with Gasteiger partial charge in [0.25, 0.3) is 5.91 Å². The van der Waals surface area contributed by atoms with E-state index in [-0.39, 0.29) is 5.91 Å². The molecule has 1 amide bonds. The van der Waals surface area contributed by atoms with E-state index in [1.807, 2.05) is 12.1 Å². The Morgan fingerprint density at radius 1 is 0.962 bits per heavy atom. The molecule has 2 aromatic rings. The van der Waals surface area contributed by atoms with Crippen LogP contribution in [0.5, 0.6) is 5.75 Å². The molecule has 1 N–H and O–H groups in total. The smallest absolute Gasteiger partial charge is 0.255 e. The van der Waals surface area contributed by atoms with Crippen molar-refractivity contribution in [1.29, 1.82) is 0 Å². The highest BCUT2D eigenvalue weighted by molar-refractivity contribution is 6.04. The van der Waals surface area contributed by atoms with Gasteiger partial charge in [-0.05, 0) is 61.4 Å². The van der Waals surface area contributed by atoms with Crippen LogP contribution in [0.1, 0.15) is 23.2 Å². The molecule has 2 aromatic carbocycles. The minimum Gasteiger partial charge on any atom is -0.497 e. The molecule has 5 nitrogen and oxygen atoms in total. The minimum atomic E-state index is -0.113. The molecule has 1 saturated carbocycles. The Kier molecular flexibility index (Phi) is 4.80. The summed E-state index contributed by atoms with van der Waals surface area (Å²) in [6.45, 7) is 4.46. The zero-order valence-electron chi connectivity index (χ0n) is 15.1. The maximum atomic E-state index is 12.3. The van der Waals surface area contributed by atoms with E-state index in [1.54, 1.807) is 31.4 Å². The second-order valence-corrected chi connectivity index (χ2v) is 6.98. The van der Waals surface area contributed by atoms with Gasteiger partial charge in [0.05, 0.1) is 7.11 Å². The molecule has 1 saturated heterocycles. The van der Waals surface area contributed by atoms with Gasteiger partial charge in [0.2, 0.25) is 0 Å². The van der Waals surface area contributed by atoms with Gasteiger partial charge in [-0.15, -0.1) is 0 Å². The molecule has 1 aliphatic carbocycles. The van der Waals surface area contributed by atoms with Crippen molar-refractivity contribution in [3.05, 3.63) is 54.1 Å². The monoisotopic (exact) mass is 351 g/mol. The molecule has 1 aliphatic heterocycles. The number of carbonyl (C=O) groups is 1. The van der Waals surface area contributed by atoms with E-state index in [0.717, 1.165) is 43.7 Å². The van der Waals surface area contributed by atoms with E-state index in [1.165, 1.54) is 18.5 Å². The summed E-state index contributed by atoms with van der Waals surface area (Å²) in [6.07, 6.45) is 2.76. The maximum absolute atomic E-state index is 12.3. The van der Waals surface area contributed by atoms with Crippen LogP contribution in [0, 0.1) is 0 Å². The fourth-order valence-corrected chi connectivity index (χ4v) is 3.49. The Bertz CT molecular complexity index is 746. The van der Waals surface area contributed by atoms with Crippen LogP contribution in [0.3, 0.4) is 0 Å². The number of nitrogens with zero attached hydrogens (tertiary/aromatic N) is 2. The Labute approximate surface area is 154 Å². The van der Waals surface area contributed by atoms with Gasteiger partial charge in [-0.1, -0.05) is 0 Å². The Balaban J connectivity index is 1.34. The third-order valence-electron chi connectivity index (χ3n) is 5.22. The minimum absolute atomic E-state index is 0.113. The van der Waals surface area contributed by atoms with Gasteiger partial charge in [-0.25, -0.2) is 0 Å². The van der Waals surface area contributed by atoms with Crippen molar-refractivity contribution in [3.63, 3.8) is 0 Å². The highest BCUT2D eigenvalue weighted by Gasteiger charge is 2.31. The first kappa shape index (κ1) is 16.9. The van der Waals surface area contributed by atoms with Gasteiger partial charge in [0.15, 0.2) is 0 Å². The normalized spacial score (nSPS) is 17.8. The zero-order valence-corrected chi connectivity index (χ0v) is 15.1.